The van der Waals surface area contributed by atoms with Gasteiger partial charge in [-0.3, -0.25) is 4.79 Å². The second-order valence-electron chi connectivity index (χ2n) is 6.21. The van der Waals surface area contributed by atoms with E-state index in [0.29, 0.717) is 11.3 Å². The highest BCUT2D eigenvalue weighted by atomic mass is 16.5. The number of nitrogens with zero attached hydrogens (tertiary/aromatic N) is 2. The first-order valence-electron chi connectivity index (χ1n) is 8.41. The van der Waals surface area contributed by atoms with Crippen molar-refractivity contribution in [3.63, 3.8) is 0 Å². The molecule has 0 aliphatic carbocycles. The minimum Gasteiger partial charge on any atom is -0.481 e. The van der Waals surface area contributed by atoms with Gasteiger partial charge in [-0.05, 0) is 50.2 Å². The molecule has 26 heavy (non-hydrogen) atoms. The van der Waals surface area contributed by atoms with Gasteiger partial charge in [0, 0.05) is 12.4 Å². The third kappa shape index (κ3) is 3.55. The Morgan fingerprint density at radius 2 is 1.85 bits per heavy atom. The molecule has 2 atom stereocenters. The zero-order valence-corrected chi connectivity index (χ0v) is 15.0. The summed E-state index contributed by atoms with van der Waals surface area (Å²) in [4.78, 5) is 14.3. The number of likely N-dealkylation sites (N-methyl/N-ethyl adjacent to an activating group) is 1. The highest BCUT2D eigenvalue weighted by Gasteiger charge is 2.26. The van der Waals surface area contributed by atoms with Gasteiger partial charge in [0.2, 0.25) is 0 Å². The fourth-order valence-corrected chi connectivity index (χ4v) is 2.74. The van der Waals surface area contributed by atoms with E-state index in [1.54, 1.807) is 43.1 Å². The summed E-state index contributed by atoms with van der Waals surface area (Å²) in [6.45, 7) is 3.63. The molecule has 0 spiro atoms. The van der Waals surface area contributed by atoms with E-state index in [0.717, 1.165) is 16.7 Å². The Labute approximate surface area is 152 Å². The molecule has 5 nitrogen and oxygen atoms in total. The third-order valence-corrected chi connectivity index (χ3v) is 4.43. The summed E-state index contributed by atoms with van der Waals surface area (Å²) in [7, 11) is 1.73. The third-order valence-electron chi connectivity index (χ3n) is 4.43. The molecule has 0 fully saturated rings. The molecule has 1 amide bonds. The van der Waals surface area contributed by atoms with E-state index in [4.69, 9.17) is 14.4 Å². The molecule has 0 aliphatic rings. The van der Waals surface area contributed by atoms with Crippen LogP contribution in [0.2, 0.25) is 0 Å². The van der Waals surface area contributed by atoms with Crippen molar-refractivity contribution in [3.8, 4) is 11.8 Å². The van der Waals surface area contributed by atoms with Gasteiger partial charge >= 0.3 is 0 Å². The topological polar surface area (TPSA) is 66.5 Å². The maximum Gasteiger partial charge on any atom is 0.263 e. The van der Waals surface area contributed by atoms with Crippen molar-refractivity contribution in [2.75, 3.05) is 7.05 Å². The molecular weight excluding hydrogens is 328 g/mol. The normalized spacial score (nSPS) is 13.0. The highest BCUT2D eigenvalue weighted by Crippen LogP contribution is 2.27. The van der Waals surface area contributed by atoms with Gasteiger partial charge in [0.15, 0.2) is 6.10 Å². The maximum absolute atomic E-state index is 12.7. The molecule has 1 aromatic heterocycles. The summed E-state index contributed by atoms with van der Waals surface area (Å²) in [6.07, 6.45) is -0.653. The first kappa shape index (κ1) is 17.6. The second kappa shape index (κ2) is 7.32. The van der Waals surface area contributed by atoms with Gasteiger partial charge in [-0.25, -0.2) is 0 Å². The zero-order valence-electron chi connectivity index (χ0n) is 15.0. The molecule has 0 radical (unpaired) electrons. The van der Waals surface area contributed by atoms with Crippen LogP contribution in [0.3, 0.4) is 0 Å². The van der Waals surface area contributed by atoms with Crippen LogP contribution in [0.5, 0.6) is 5.75 Å². The fourth-order valence-electron chi connectivity index (χ4n) is 2.74. The lowest BCUT2D eigenvalue weighted by Gasteiger charge is -2.26. The number of hydrogen-bond donors (Lipinski definition) is 0. The number of rotatable bonds is 5. The molecule has 0 saturated carbocycles. The Hall–Kier alpha value is -3.26. The van der Waals surface area contributed by atoms with Gasteiger partial charge in [0.05, 0.1) is 17.7 Å². The molecule has 0 bridgehead atoms. The van der Waals surface area contributed by atoms with E-state index in [1.165, 1.54) is 0 Å². The highest BCUT2D eigenvalue weighted by molar-refractivity contribution is 5.82. The number of nitriles is 1. The van der Waals surface area contributed by atoms with Crippen molar-refractivity contribution >= 4 is 16.9 Å². The Morgan fingerprint density at radius 1 is 1.15 bits per heavy atom. The van der Waals surface area contributed by atoms with Crippen LogP contribution in [0.4, 0.5) is 0 Å². The predicted octanol–water partition coefficient (Wildman–Crippen LogP) is 4.29. The zero-order chi connectivity index (χ0) is 18.7. The summed E-state index contributed by atoms with van der Waals surface area (Å²) in [5.41, 5.74) is 1.35. The van der Waals surface area contributed by atoms with Crippen molar-refractivity contribution in [1.82, 2.24) is 4.90 Å². The standard InChI is InChI=1S/C21H20N2O3/c1-14(20-12-17-6-4-5-7-19(17)26-20)23(3)21(24)15(2)25-18-10-8-16(13-22)9-11-18/h4-12,14-15H,1-3H3. The predicted molar refractivity (Wildman–Crippen MR) is 98.6 cm³/mol. The van der Waals surface area contributed by atoms with Crippen LogP contribution in [0.15, 0.2) is 59.0 Å². The molecule has 3 aromatic rings. The number of benzene rings is 2. The largest absolute Gasteiger partial charge is 0.481 e. The summed E-state index contributed by atoms with van der Waals surface area (Å²) >= 11 is 0. The fraction of sp³-hybridized carbons (Fsp3) is 0.238. The summed E-state index contributed by atoms with van der Waals surface area (Å²) in [5, 5.41) is 9.84. The van der Waals surface area contributed by atoms with E-state index in [1.807, 2.05) is 37.3 Å². The van der Waals surface area contributed by atoms with Crippen LogP contribution in [0, 0.1) is 11.3 Å². The van der Waals surface area contributed by atoms with E-state index in [9.17, 15) is 4.79 Å². The van der Waals surface area contributed by atoms with Crippen molar-refractivity contribution in [3.05, 3.63) is 65.9 Å². The molecule has 0 N–H and O–H groups in total. The van der Waals surface area contributed by atoms with Gasteiger partial charge in [0.1, 0.15) is 17.1 Å². The number of ether oxygens (including phenoxy) is 1. The molecule has 0 aliphatic heterocycles. The number of carbonyl (C=O) groups is 1. The Kier molecular flexibility index (Phi) is 4.94. The number of furan rings is 1. The van der Waals surface area contributed by atoms with Gasteiger partial charge in [-0.2, -0.15) is 5.26 Å². The number of amides is 1. The number of hydrogen-bond acceptors (Lipinski definition) is 4. The first-order valence-corrected chi connectivity index (χ1v) is 8.41. The van der Waals surface area contributed by atoms with Crippen LogP contribution in [0.1, 0.15) is 31.2 Å². The molecule has 3 rings (SSSR count). The quantitative estimate of drug-likeness (QED) is 0.690. The second-order valence-corrected chi connectivity index (χ2v) is 6.21. The number of fused-ring (bicyclic) bond motifs is 1. The Balaban J connectivity index is 1.69. The molecule has 5 heteroatoms. The van der Waals surface area contributed by atoms with Crippen LogP contribution in [0.25, 0.3) is 11.0 Å². The van der Waals surface area contributed by atoms with Crippen molar-refractivity contribution in [2.45, 2.75) is 26.0 Å². The smallest absolute Gasteiger partial charge is 0.263 e. The van der Waals surface area contributed by atoms with Crippen LogP contribution in [-0.4, -0.2) is 24.0 Å². The molecule has 0 saturated heterocycles. The molecule has 132 valence electrons. The lowest BCUT2D eigenvalue weighted by Crippen LogP contribution is -2.39. The molecule has 1 heterocycles. The van der Waals surface area contributed by atoms with Gasteiger partial charge in [-0.15, -0.1) is 0 Å². The van der Waals surface area contributed by atoms with E-state index in [-0.39, 0.29) is 11.9 Å². The van der Waals surface area contributed by atoms with E-state index in [2.05, 4.69) is 6.07 Å². The number of para-hydroxylation sites is 1. The van der Waals surface area contributed by atoms with Crippen molar-refractivity contribution < 1.29 is 13.9 Å². The van der Waals surface area contributed by atoms with Crippen LogP contribution in [-0.2, 0) is 4.79 Å². The van der Waals surface area contributed by atoms with Crippen LogP contribution < -0.4 is 4.74 Å². The molecular formula is C21H20N2O3. The molecule has 2 unspecified atom stereocenters. The van der Waals surface area contributed by atoms with E-state index >= 15 is 0 Å². The number of carbonyl (C=O) groups excluding carboxylic acids is 1. The van der Waals surface area contributed by atoms with Gasteiger partial charge in [0.25, 0.3) is 5.91 Å². The van der Waals surface area contributed by atoms with Gasteiger partial charge < -0.3 is 14.1 Å². The lowest BCUT2D eigenvalue weighted by molar-refractivity contribution is -0.138. The monoisotopic (exact) mass is 348 g/mol. The average Bonchev–Trinajstić information content (AvgIpc) is 3.11. The summed E-state index contributed by atoms with van der Waals surface area (Å²) in [6, 6.07) is 18.2. The SMILES string of the molecule is CC(Oc1ccc(C#N)cc1)C(=O)N(C)C(C)c1cc2ccccc2o1. The summed E-state index contributed by atoms with van der Waals surface area (Å²) < 4.78 is 11.6. The maximum atomic E-state index is 12.7. The summed E-state index contributed by atoms with van der Waals surface area (Å²) in [5.74, 6) is 1.13. The van der Waals surface area contributed by atoms with E-state index < -0.39 is 6.10 Å². The van der Waals surface area contributed by atoms with Crippen molar-refractivity contribution in [1.29, 1.82) is 5.26 Å². The lowest BCUT2D eigenvalue weighted by atomic mass is 10.2. The Morgan fingerprint density at radius 3 is 2.50 bits per heavy atom. The average molecular weight is 348 g/mol. The minimum absolute atomic E-state index is 0.151. The minimum atomic E-state index is -0.653. The molecule has 2 aromatic carbocycles. The van der Waals surface area contributed by atoms with Crippen LogP contribution >= 0.6 is 0 Å². The van der Waals surface area contributed by atoms with Crippen molar-refractivity contribution in [2.24, 2.45) is 0 Å². The van der Waals surface area contributed by atoms with Gasteiger partial charge in [-0.1, -0.05) is 18.2 Å². The Bertz CT molecular complexity index is 920. The first-order chi connectivity index (χ1) is 12.5.